The van der Waals surface area contributed by atoms with Crippen molar-refractivity contribution in [1.29, 1.82) is 0 Å². The predicted octanol–water partition coefficient (Wildman–Crippen LogP) is 3.42. The van der Waals surface area contributed by atoms with Crippen molar-refractivity contribution in [3.8, 4) is 0 Å². The Morgan fingerprint density at radius 1 is 1.45 bits per heavy atom. The zero-order chi connectivity index (χ0) is 14.7. The summed E-state index contributed by atoms with van der Waals surface area (Å²) in [4.78, 5) is 16.2. The van der Waals surface area contributed by atoms with Crippen LogP contribution in [0.5, 0.6) is 0 Å². The largest absolute Gasteiger partial charge is 0.383 e. The first-order chi connectivity index (χ1) is 9.56. The fraction of sp³-hybridized carbons (Fsp3) is 0.500. The van der Waals surface area contributed by atoms with Crippen molar-refractivity contribution in [2.45, 2.75) is 19.8 Å². The standard InChI is InChI=1S/C14H18N4O2/c1-10-4-6-17(7-5-10)13-8-12(16-3)14(18(19)20)9-11(13)15-2/h8-10,16H,4-7H2,1,3H3. The van der Waals surface area contributed by atoms with Gasteiger partial charge in [0.1, 0.15) is 5.69 Å². The summed E-state index contributed by atoms with van der Waals surface area (Å²) in [5.41, 5.74) is 1.55. The van der Waals surface area contributed by atoms with Crippen LogP contribution in [-0.2, 0) is 0 Å². The number of rotatable bonds is 3. The third kappa shape index (κ3) is 2.67. The Bertz CT molecular complexity index is 557. The second kappa shape index (κ2) is 5.78. The minimum absolute atomic E-state index is 0.0485. The van der Waals surface area contributed by atoms with Crippen molar-refractivity contribution in [3.63, 3.8) is 0 Å². The van der Waals surface area contributed by atoms with E-state index in [0.717, 1.165) is 31.6 Å². The van der Waals surface area contributed by atoms with E-state index in [2.05, 4.69) is 22.0 Å². The van der Waals surface area contributed by atoms with Crippen LogP contribution < -0.4 is 10.2 Å². The van der Waals surface area contributed by atoms with Crippen molar-refractivity contribution < 1.29 is 4.92 Å². The summed E-state index contributed by atoms with van der Waals surface area (Å²) in [6.45, 7) is 11.3. The molecule has 20 heavy (non-hydrogen) atoms. The molecular formula is C14H18N4O2. The van der Waals surface area contributed by atoms with E-state index in [1.165, 1.54) is 6.07 Å². The first-order valence-electron chi connectivity index (χ1n) is 6.69. The summed E-state index contributed by atoms with van der Waals surface area (Å²) < 4.78 is 0. The maximum atomic E-state index is 11.0. The number of benzene rings is 1. The monoisotopic (exact) mass is 274 g/mol. The molecule has 1 aromatic carbocycles. The highest BCUT2D eigenvalue weighted by Gasteiger charge is 2.23. The summed E-state index contributed by atoms with van der Waals surface area (Å²) in [6, 6.07) is 3.09. The second-order valence-electron chi connectivity index (χ2n) is 5.15. The summed E-state index contributed by atoms with van der Waals surface area (Å²) in [7, 11) is 1.65. The maximum Gasteiger partial charge on any atom is 0.282 e. The van der Waals surface area contributed by atoms with Gasteiger partial charge in [0.15, 0.2) is 0 Å². The van der Waals surface area contributed by atoms with Gasteiger partial charge in [-0.05, 0) is 24.8 Å². The maximum absolute atomic E-state index is 11.0. The van der Waals surface area contributed by atoms with Gasteiger partial charge in [0.2, 0.25) is 5.69 Å². The van der Waals surface area contributed by atoms with Crippen LogP contribution >= 0.6 is 0 Å². The van der Waals surface area contributed by atoms with Crippen LogP contribution in [0.1, 0.15) is 19.8 Å². The molecule has 0 aliphatic carbocycles. The average Bonchev–Trinajstić information content (AvgIpc) is 2.46. The summed E-state index contributed by atoms with van der Waals surface area (Å²) >= 11 is 0. The van der Waals surface area contributed by atoms with Gasteiger partial charge in [0, 0.05) is 31.9 Å². The van der Waals surface area contributed by atoms with Crippen LogP contribution in [0.15, 0.2) is 12.1 Å². The van der Waals surface area contributed by atoms with Crippen molar-refractivity contribution in [3.05, 3.63) is 33.7 Å². The molecule has 6 heteroatoms. The normalized spacial score (nSPS) is 15.8. The smallest absolute Gasteiger partial charge is 0.282 e. The summed E-state index contributed by atoms with van der Waals surface area (Å²) in [5, 5.41) is 13.9. The van der Waals surface area contributed by atoms with Gasteiger partial charge in [-0.2, -0.15) is 0 Å². The lowest BCUT2D eigenvalue weighted by molar-refractivity contribution is -0.383. The Balaban J connectivity index is 2.42. The summed E-state index contributed by atoms with van der Waals surface area (Å²) in [5.74, 6) is 0.699. The number of anilines is 2. The van der Waals surface area contributed by atoms with Gasteiger partial charge in [-0.3, -0.25) is 10.1 Å². The zero-order valence-corrected chi connectivity index (χ0v) is 11.7. The molecule has 0 amide bonds. The molecule has 0 saturated carbocycles. The molecule has 2 rings (SSSR count). The van der Waals surface area contributed by atoms with Crippen molar-refractivity contribution in [2.24, 2.45) is 5.92 Å². The number of nitrogens with zero attached hydrogens (tertiary/aromatic N) is 3. The fourth-order valence-corrected chi connectivity index (χ4v) is 2.51. The zero-order valence-electron chi connectivity index (χ0n) is 11.7. The fourth-order valence-electron chi connectivity index (χ4n) is 2.51. The van der Waals surface area contributed by atoms with E-state index in [1.54, 1.807) is 13.1 Å². The number of piperidine rings is 1. The molecule has 1 N–H and O–H groups in total. The average molecular weight is 274 g/mol. The number of hydrogen-bond acceptors (Lipinski definition) is 4. The molecule has 0 atom stereocenters. The molecule has 1 aliphatic heterocycles. The molecule has 106 valence electrons. The van der Waals surface area contributed by atoms with Crippen LogP contribution in [0.4, 0.5) is 22.7 Å². The van der Waals surface area contributed by atoms with Gasteiger partial charge in [0.25, 0.3) is 5.69 Å². The number of hydrogen-bond donors (Lipinski definition) is 1. The third-order valence-electron chi connectivity index (χ3n) is 3.80. The van der Waals surface area contributed by atoms with E-state index in [9.17, 15) is 10.1 Å². The minimum atomic E-state index is -0.456. The molecule has 0 unspecified atom stereocenters. The highest BCUT2D eigenvalue weighted by atomic mass is 16.6. The van der Waals surface area contributed by atoms with E-state index < -0.39 is 4.92 Å². The molecule has 0 bridgehead atoms. The third-order valence-corrected chi connectivity index (χ3v) is 3.80. The van der Waals surface area contributed by atoms with Crippen molar-refractivity contribution >= 4 is 22.7 Å². The quantitative estimate of drug-likeness (QED) is 0.521. The van der Waals surface area contributed by atoms with Crippen LogP contribution in [0, 0.1) is 22.6 Å². The lowest BCUT2D eigenvalue weighted by Crippen LogP contribution is -2.32. The molecular weight excluding hydrogens is 256 g/mol. The Kier molecular flexibility index (Phi) is 4.08. The molecule has 1 heterocycles. The first kappa shape index (κ1) is 14.1. The SMILES string of the molecule is [C-]#[N+]c1cc([N+](=O)[O-])c(NC)cc1N1CCC(C)CC1. The van der Waals surface area contributed by atoms with Crippen molar-refractivity contribution in [1.82, 2.24) is 0 Å². The van der Waals surface area contributed by atoms with Gasteiger partial charge in [-0.25, -0.2) is 4.85 Å². The number of nitrogens with one attached hydrogen (secondary N) is 1. The van der Waals surface area contributed by atoms with Crippen LogP contribution in [0.25, 0.3) is 4.85 Å². The van der Waals surface area contributed by atoms with E-state index in [4.69, 9.17) is 6.57 Å². The number of nitro benzene ring substituents is 1. The molecule has 0 radical (unpaired) electrons. The van der Waals surface area contributed by atoms with Gasteiger partial charge in [0.05, 0.1) is 11.5 Å². The summed E-state index contributed by atoms with van der Waals surface area (Å²) in [6.07, 6.45) is 2.17. The highest BCUT2D eigenvalue weighted by molar-refractivity contribution is 5.81. The Morgan fingerprint density at radius 3 is 2.60 bits per heavy atom. The van der Waals surface area contributed by atoms with Gasteiger partial charge in [-0.1, -0.05) is 6.92 Å². The van der Waals surface area contributed by atoms with E-state index >= 15 is 0 Å². The van der Waals surface area contributed by atoms with E-state index in [1.807, 2.05) is 0 Å². The Labute approximate surface area is 118 Å². The molecule has 0 spiro atoms. The van der Waals surface area contributed by atoms with Gasteiger partial charge < -0.3 is 10.2 Å². The van der Waals surface area contributed by atoms with Crippen molar-refractivity contribution in [2.75, 3.05) is 30.4 Å². The van der Waals surface area contributed by atoms with Crippen LogP contribution in [-0.4, -0.2) is 25.1 Å². The first-order valence-corrected chi connectivity index (χ1v) is 6.69. The predicted molar refractivity (Wildman–Crippen MR) is 79.5 cm³/mol. The van der Waals surface area contributed by atoms with Crippen LogP contribution in [0.3, 0.4) is 0 Å². The van der Waals surface area contributed by atoms with Gasteiger partial charge in [-0.15, -0.1) is 0 Å². The lowest BCUT2D eigenvalue weighted by atomic mass is 9.98. The number of nitro groups is 1. The highest BCUT2D eigenvalue weighted by Crippen LogP contribution is 2.39. The molecule has 1 fully saturated rings. The van der Waals surface area contributed by atoms with E-state index in [0.29, 0.717) is 17.3 Å². The molecule has 1 aliphatic rings. The molecule has 6 nitrogen and oxygen atoms in total. The Morgan fingerprint density at radius 2 is 2.10 bits per heavy atom. The molecule has 1 aromatic rings. The minimum Gasteiger partial charge on any atom is -0.383 e. The van der Waals surface area contributed by atoms with E-state index in [-0.39, 0.29) is 5.69 Å². The molecule has 1 saturated heterocycles. The van der Waals surface area contributed by atoms with Gasteiger partial charge >= 0.3 is 0 Å². The van der Waals surface area contributed by atoms with Crippen LogP contribution in [0.2, 0.25) is 0 Å². The Hall–Kier alpha value is -2.29. The molecule has 0 aromatic heterocycles. The second-order valence-corrected chi connectivity index (χ2v) is 5.15. The topological polar surface area (TPSA) is 62.8 Å². The lowest BCUT2D eigenvalue weighted by Gasteiger charge is -2.33.